The van der Waals surface area contributed by atoms with Gasteiger partial charge in [0.2, 0.25) is 5.91 Å². The maximum absolute atomic E-state index is 12.6. The van der Waals surface area contributed by atoms with E-state index in [4.69, 9.17) is 4.74 Å². The van der Waals surface area contributed by atoms with Crippen molar-refractivity contribution < 1.29 is 14.3 Å². The second kappa shape index (κ2) is 10.0. The molecule has 6 heteroatoms. The Kier molecular flexibility index (Phi) is 7.73. The molecular weight excluding hydrogens is 360 g/mol. The maximum Gasteiger partial charge on any atom is 0.253 e. The first-order valence-corrected chi connectivity index (χ1v) is 9.84. The van der Waals surface area contributed by atoms with Crippen molar-refractivity contribution in [3.63, 3.8) is 0 Å². The number of nitrogens with one attached hydrogen (secondary N) is 2. The maximum atomic E-state index is 12.6. The van der Waals surface area contributed by atoms with Crippen LogP contribution < -0.4 is 15.4 Å². The number of benzene rings is 2. The smallest absolute Gasteiger partial charge is 0.253 e. The molecule has 2 rings (SSSR count). The quantitative estimate of drug-likeness (QED) is 0.662. The van der Waals surface area contributed by atoms with Crippen LogP contribution in [0.3, 0.4) is 0 Å². The van der Waals surface area contributed by atoms with Crippen molar-refractivity contribution in [3.05, 3.63) is 54.1 Å². The van der Waals surface area contributed by atoms with E-state index in [2.05, 4.69) is 10.6 Å². The van der Waals surface area contributed by atoms with Crippen molar-refractivity contribution in [1.29, 1.82) is 0 Å². The van der Waals surface area contributed by atoms with Gasteiger partial charge in [0.15, 0.2) is 0 Å². The van der Waals surface area contributed by atoms with E-state index < -0.39 is 0 Å². The zero-order chi connectivity index (χ0) is 19.8. The molecule has 2 aromatic rings. The second-order valence-electron chi connectivity index (χ2n) is 6.25. The predicted molar refractivity (Wildman–Crippen MR) is 111 cm³/mol. The molecule has 0 bridgehead atoms. The van der Waals surface area contributed by atoms with Crippen molar-refractivity contribution in [2.45, 2.75) is 43.4 Å². The Hall–Kier alpha value is -2.47. The molecule has 5 nitrogen and oxygen atoms in total. The minimum Gasteiger partial charge on any atom is -0.497 e. The number of para-hydroxylation sites is 1. The fourth-order valence-corrected chi connectivity index (χ4v) is 3.21. The van der Waals surface area contributed by atoms with Gasteiger partial charge in [-0.2, -0.15) is 0 Å². The molecule has 2 atom stereocenters. The van der Waals surface area contributed by atoms with Crippen LogP contribution in [0.4, 0.5) is 5.69 Å². The summed E-state index contributed by atoms with van der Waals surface area (Å²) < 4.78 is 5.15. The molecule has 0 saturated heterocycles. The minimum atomic E-state index is -0.316. The fraction of sp³-hybridized carbons (Fsp3) is 0.333. The SMILES string of the molecule is CCC(C)NC(=O)c1ccccc1NC(=O)C(C)Sc1ccc(OC)cc1. The predicted octanol–water partition coefficient (Wildman–Crippen LogP) is 4.34. The van der Waals surface area contributed by atoms with Crippen LogP contribution in [0.5, 0.6) is 5.75 Å². The number of rotatable bonds is 8. The summed E-state index contributed by atoms with van der Waals surface area (Å²) >= 11 is 1.45. The lowest BCUT2D eigenvalue weighted by molar-refractivity contribution is -0.115. The number of anilines is 1. The summed E-state index contributed by atoms with van der Waals surface area (Å²) in [5.41, 5.74) is 0.985. The topological polar surface area (TPSA) is 67.4 Å². The Bertz CT molecular complexity index is 777. The number of hydrogen-bond donors (Lipinski definition) is 2. The number of hydrogen-bond acceptors (Lipinski definition) is 4. The van der Waals surface area contributed by atoms with Gasteiger partial charge >= 0.3 is 0 Å². The first-order valence-electron chi connectivity index (χ1n) is 8.96. The third-order valence-electron chi connectivity index (χ3n) is 4.16. The first kappa shape index (κ1) is 20.8. The highest BCUT2D eigenvalue weighted by Gasteiger charge is 2.18. The molecular formula is C21H26N2O3S. The zero-order valence-electron chi connectivity index (χ0n) is 16.1. The molecule has 2 aromatic carbocycles. The van der Waals surface area contributed by atoms with Gasteiger partial charge in [0.05, 0.1) is 23.6 Å². The van der Waals surface area contributed by atoms with Gasteiger partial charge in [-0.3, -0.25) is 9.59 Å². The highest BCUT2D eigenvalue weighted by molar-refractivity contribution is 8.00. The highest BCUT2D eigenvalue weighted by Crippen LogP contribution is 2.26. The van der Waals surface area contributed by atoms with Gasteiger partial charge in [-0.05, 0) is 56.7 Å². The molecule has 0 aliphatic rings. The monoisotopic (exact) mass is 386 g/mol. The van der Waals surface area contributed by atoms with E-state index in [1.165, 1.54) is 11.8 Å². The molecule has 27 heavy (non-hydrogen) atoms. The lowest BCUT2D eigenvalue weighted by Crippen LogP contribution is -2.33. The molecule has 0 spiro atoms. The van der Waals surface area contributed by atoms with Crippen LogP contribution in [0.25, 0.3) is 0 Å². The molecule has 0 aromatic heterocycles. The van der Waals surface area contributed by atoms with E-state index in [-0.39, 0.29) is 23.1 Å². The summed E-state index contributed by atoms with van der Waals surface area (Å²) in [6, 6.07) is 14.7. The lowest BCUT2D eigenvalue weighted by atomic mass is 10.1. The van der Waals surface area contributed by atoms with E-state index in [9.17, 15) is 9.59 Å². The largest absolute Gasteiger partial charge is 0.497 e. The van der Waals surface area contributed by atoms with Gasteiger partial charge in [0.25, 0.3) is 5.91 Å². The Labute approximate surface area is 164 Å². The Balaban J connectivity index is 2.04. The van der Waals surface area contributed by atoms with Crippen molar-refractivity contribution in [3.8, 4) is 5.75 Å². The molecule has 0 fully saturated rings. The molecule has 0 aliphatic carbocycles. The van der Waals surface area contributed by atoms with Gasteiger partial charge < -0.3 is 15.4 Å². The van der Waals surface area contributed by atoms with Gasteiger partial charge in [0, 0.05) is 10.9 Å². The van der Waals surface area contributed by atoms with E-state index in [1.54, 1.807) is 31.4 Å². The number of amides is 2. The average Bonchev–Trinajstić information content (AvgIpc) is 2.68. The second-order valence-corrected chi connectivity index (χ2v) is 7.67. The first-order chi connectivity index (χ1) is 12.9. The number of carbonyl (C=O) groups excluding carboxylic acids is 2. The summed E-state index contributed by atoms with van der Waals surface area (Å²) in [6.07, 6.45) is 0.843. The van der Waals surface area contributed by atoms with Gasteiger partial charge in [-0.25, -0.2) is 0 Å². The normalized spacial score (nSPS) is 12.7. The number of thioether (sulfide) groups is 1. The Morgan fingerprint density at radius 3 is 2.37 bits per heavy atom. The number of ether oxygens (including phenoxy) is 1. The number of carbonyl (C=O) groups is 2. The Morgan fingerprint density at radius 1 is 1.07 bits per heavy atom. The molecule has 0 saturated carbocycles. The van der Waals surface area contributed by atoms with E-state index >= 15 is 0 Å². The van der Waals surface area contributed by atoms with Crippen molar-refractivity contribution in [1.82, 2.24) is 5.32 Å². The third kappa shape index (κ3) is 6.03. The van der Waals surface area contributed by atoms with Gasteiger partial charge in [-0.1, -0.05) is 19.1 Å². The molecule has 0 aliphatic heterocycles. The minimum absolute atomic E-state index is 0.0748. The highest BCUT2D eigenvalue weighted by atomic mass is 32.2. The number of methoxy groups -OCH3 is 1. The molecule has 2 amide bonds. The van der Waals surface area contributed by atoms with Crippen molar-refractivity contribution in [2.24, 2.45) is 0 Å². The molecule has 2 unspecified atom stereocenters. The Morgan fingerprint density at radius 2 is 1.74 bits per heavy atom. The molecule has 144 valence electrons. The summed E-state index contributed by atoms with van der Waals surface area (Å²) in [4.78, 5) is 26.0. The zero-order valence-corrected chi connectivity index (χ0v) is 16.9. The summed E-state index contributed by atoms with van der Waals surface area (Å²) in [6.45, 7) is 5.80. The van der Waals surface area contributed by atoms with Crippen molar-refractivity contribution in [2.75, 3.05) is 12.4 Å². The van der Waals surface area contributed by atoms with Crippen LogP contribution in [0, 0.1) is 0 Å². The van der Waals surface area contributed by atoms with Crippen LogP contribution in [0.1, 0.15) is 37.6 Å². The van der Waals surface area contributed by atoms with Crippen LogP contribution in [0.2, 0.25) is 0 Å². The van der Waals surface area contributed by atoms with Crippen molar-refractivity contribution >= 4 is 29.3 Å². The molecule has 0 heterocycles. The van der Waals surface area contributed by atoms with Crippen LogP contribution in [-0.4, -0.2) is 30.2 Å². The van der Waals surface area contributed by atoms with E-state index in [0.29, 0.717) is 11.3 Å². The van der Waals surface area contributed by atoms with Crippen LogP contribution in [0.15, 0.2) is 53.4 Å². The van der Waals surface area contributed by atoms with Gasteiger partial charge in [-0.15, -0.1) is 11.8 Å². The molecule has 0 radical (unpaired) electrons. The summed E-state index contributed by atoms with van der Waals surface area (Å²) in [5, 5.41) is 5.50. The molecule has 2 N–H and O–H groups in total. The standard InChI is InChI=1S/C21H26N2O3S/c1-5-14(2)22-21(25)18-8-6-7-9-19(18)23-20(24)15(3)27-17-12-10-16(26-4)11-13-17/h6-15H,5H2,1-4H3,(H,22,25)(H,23,24). The fourth-order valence-electron chi connectivity index (χ4n) is 2.34. The third-order valence-corrected chi connectivity index (χ3v) is 5.27. The van der Waals surface area contributed by atoms with Gasteiger partial charge in [0.1, 0.15) is 5.75 Å². The van der Waals surface area contributed by atoms with Crippen LogP contribution in [-0.2, 0) is 4.79 Å². The van der Waals surface area contributed by atoms with E-state index in [1.807, 2.05) is 45.0 Å². The van der Waals surface area contributed by atoms with Crippen LogP contribution >= 0.6 is 11.8 Å². The summed E-state index contributed by atoms with van der Waals surface area (Å²) in [7, 11) is 1.62. The van der Waals surface area contributed by atoms with E-state index in [0.717, 1.165) is 17.1 Å². The average molecular weight is 387 g/mol. The summed E-state index contributed by atoms with van der Waals surface area (Å²) in [5.74, 6) is 0.438. The lowest BCUT2D eigenvalue weighted by Gasteiger charge is -2.16.